The van der Waals surface area contributed by atoms with Crippen LogP contribution in [0.15, 0.2) is 4.79 Å². The molecule has 1 aromatic heterocycles. The van der Waals surface area contributed by atoms with E-state index in [2.05, 4.69) is 4.90 Å². The Labute approximate surface area is 121 Å². The van der Waals surface area contributed by atoms with Crippen molar-refractivity contribution in [1.82, 2.24) is 9.47 Å². The Hall–Kier alpha value is -2.05. The summed E-state index contributed by atoms with van der Waals surface area (Å²) >= 11 is 1.23. The summed E-state index contributed by atoms with van der Waals surface area (Å²) < 4.78 is 2.57. The molecule has 0 atom stereocenters. The molecule has 0 saturated carbocycles. The zero-order valence-electron chi connectivity index (χ0n) is 11.4. The van der Waals surface area contributed by atoms with Gasteiger partial charge in [0.25, 0.3) is 5.56 Å². The van der Waals surface area contributed by atoms with Crippen molar-refractivity contribution in [3.8, 4) is 12.1 Å². The fourth-order valence-corrected chi connectivity index (χ4v) is 3.44. The minimum absolute atomic E-state index is 0.00671. The Balaban J connectivity index is 2.61. The molecule has 0 radical (unpaired) electrons. The van der Waals surface area contributed by atoms with E-state index in [0.29, 0.717) is 15.7 Å². The zero-order valence-corrected chi connectivity index (χ0v) is 12.2. The second-order valence-corrected chi connectivity index (χ2v) is 5.68. The van der Waals surface area contributed by atoms with Crippen molar-refractivity contribution in [2.45, 2.75) is 32.7 Å². The highest BCUT2D eigenvalue weighted by molar-refractivity contribution is 7.07. The normalized spacial score (nSPS) is 15.8. The molecule has 104 valence electrons. The van der Waals surface area contributed by atoms with Crippen LogP contribution in [0.25, 0.3) is 11.8 Å². The molecular weight excluding hydrogens is 272 g/mol. The lowest BCUT2D eigenvalue weighted by atomic mass is 10.1. The molecule has 2 heterocycles. The molecule has 1 aromatic rings. The Morgan fingerprint density at radius 2 is 1.95 bits per heavy atom. The van der Waals surface area contributed by atoms with Crippen LogP contribution in [-0.4, -0.2) is 22.6 Å². The topological polar surface area (TPSA) is 72.8 Å². The summed E-state index contributed by atoms with van der Waals surface area (Å²) in [5.74, 6) is 0. The summed E-state index contributed by atoms with van der Waals surface area (Å²) in [5, 5.41) is 18.0. The highest BCUT2D eigenvalue weighted by Gasteiger charge is 2.10. The van der Waals surface area contributed by atoms with Gasteiger partial charge in [0.2, 0.25) is 0 Å². The second kappa shape index (κ2) is 6.40. The van der Waals surface area contributed by atoms with Gasteiger partial charge in [-0.1, -0.05) is 0 Å². The van der Waals surface area contributed by atoms with Crippen LogP contribution in [0, 0.1) is 22.7 Å². The third-order valence-electron chi connectivity index (χ3n) is 3.35. The van der Waals surface area contributed by atoms with Crippen molar-refractivity contribution in [2.24, 2.45) is 0 Å². The van der Waals surface area contributed by atoms with Crippen LogP contribution in [0.3, 0.4) is 0 Å². The van der Waals surface area contributed by atoms with E-state index in [1.54, 1.807) is 0 Å². The summed E-state index contributed by atoms with van der Waals surface area (Å²) in [6.45, 7) is 4.23. The molecule has 0 aliphatic carbocycles. The fraction of sp³-hybridized carbons (Fsp3) is 0.500. The second-order valence-electron chi connectivity index (χ2n) is 4.65. The van der Waals surface area contributed by atoms with Gasteiger partial charge in [-0.3, -0.25) is 9.36 Å². The summed E-state index contributed by atoms with van der Waals surface area (Å²) in [6.07, 6.45) is 5.41. The maximum atomic E-state index is 12.3. The van der Waals surface area contributed by atoms with Gasteiger partial charge in [0.05, 0.1) is 0 Å². The van der Waals surface area contributed by atoms with E-state index in [1.807, 2.05) is 25.3 Å². The van der Waals surface area contributed by atoms with Crippen LogP contribution in [0.1, 0.15) is 26.2 Å². The minimum atomic E-state index is -0.110. The Morgan fingerprint density at radius 1 is 1.30 bits per heavy atom. The first-order valence-corrected chi connectivity index (χ1v) is 7.53. The van der Waals surface area contributed by atoms with Gasteiger partial charge in [-0.05, 0) is 26.2 Å². The Kier molecular flexibility index (Phi) is 4.60. The molecule has 0 spiro atoms. The van der Waals surface area contributed by atoms with Crippen LogP contribution in [-0.2, 0) is 6.54 Å². The van der Waals surface area contributed by atoms with Crippen molar-refractivity contribution >= 4 is 23.1 Å². The number of piperidine rings is 1. The molecule has 0 aromatic carbocycles. The maximum absolute atomic E-state index is 12.3. The predicted octanol–water partition coefficient (Wildman–Crippen LogP) is 0.351. The summed E-state index contributed by atoms with van der Waals surface area (Å²) in [7, 11) is 0. The van der Waals surface area contributed by atoms with E-state index in [9.17, 15) is 4.79 Å². The molecule has 0 unspecified atom stereocenters. The van der Waals surface area contributed by atoms with Gasteiger partial charge in [0.1, 0.15) is 21.3 Å². The first-order chi connectivity index (χ1) is 9.71. The lowest BCUT2D eigenvalue weighted by Gasteiger charge is -2.24. The van der Waals surface area contributed by atoms with E-state index < -0.39 is 0 Å². The molecule has 5 nitrogen and oxygen atoms in total. The van der Waals surface area contributed by atoms with E-state index >= 15 is 0 Å². The Morgan fingerprint density at radius 3 is 2.50 bits per heavy atom. The number of nitrogens with zero attached hydrogens (tertiary/aromatic N) is 4. The fourth-order valence-electron chi connectivity index (χ4n) is 2.32. The van der Waals surface area contributed by atoms with Crippen LogP contribution in [0.4, 0.5) is 0 Å². The van der Waals surface area contributed by atoms with E-state index in [4.69, 9.17) is 10.5 Å². The monoisotopic (exact) mass is 288 g/mol. The van der Waals surface area contributed by atoms with Crippen LogP contribution >= 0.6 is 11.3 Å². The van der Waals surface area contributed by atoms with Crippen LogP contribution in [0.5, 0.6) is 0 Å². The van der Waals surface area contributed by atoms with Gasteiger partial charge in [-0.25, -0.2) is 0 Å². The van der Waals surface area contributed by atoms with Gasteiger partial charge in [0.15, 0.2) is 5.57 Å². The molecule has 0 amide bonds. The zero-order chi connectivity index (χ0) is 14.5. The van der Waals surface area contributed by atoms with Crippen LogP contribution in [0.2, 0.25) is 0 Å². The number of hydrogen-bond acceptors (Lipinski definition) is 5. The first-order valence-electron chi connectivity index (χ1n) is 6.71. The Bertz CT molecular complexity index is 722. The molecule has 1 aliphatic rings. The number of nitriles is 2. The molecule has 1 saturated heterocycles. The van der Waals surface area contributed by atoms with E-state index in [1.165, 1.54) is 22.3 Å². The smallest absolute Gasteiger partial charge is 0.270 e. The van der Waals surface area contributed by atoms with Gasteiger partial charge < -0.3 is 4.90 Å². The molecule has 6 heteroatoms. The maximum Gasteiger partial charge on any atom is 0.270 e. The van der Waals surface area contributed by atoms with Gasteiger partial charge in [0, 0.05) is 25.8 Å². The minimum Gasteiger partial charge on any atom is -0.376 e. The van der Waals surface area contributed by atoms with E-state index in [-0.39, 0.29) is 11.1 Å². The van der Waals surface area contributed by atoms with Crippen molar-refractivity contribution < 1.29 is 0 Å². The lowest BCUT2D eigenvalue weighted by molar-refractivity contribution is 0.336. The van der Waals surface area contributed by atoms with Gasteiger partial charge in [-0.2, -0.15) is 10.5 Å². The number of thiazole rings is 1. The number of rotatable bonds is 2. The van der Waals surface area contributed by atoms with Gasteiger partial charge >= 0.3 is 0 Å². The highest BCUT2D eigenvalue weighted by Crippen LogP contribution is 2.08. The molecular formula is C14H16N4OS. The third-order valence-corrected chi connectivity index (χ3v) is 4.47. The standard InChI is InChI=1S/C14H16N4OS/c1-2-18-13(19)12(10-17-6-4-3-5-7-17)20-14(18)11(8-15)9-16/h10H,2-7H2,1H3/b12-10+. The van der Waals surface area contributed by atoms with Crippen molar-refractivity contribution in [3.05, 3.63) is 19.5 Å². The van der Waals surface area contributed by atoms with E-state index in [0.717, 1.165) is 25.9 Å². The third kappa shape index (κ3) is 2.76. The molecule has 20 heavy (non-hydrogen) atoms. The number of aromatic nitrogens is 1. The predicted molar refractivity (Wildman–Crippen MR) is 78.0 cm³/mol. The summed E-state index contributed by atoms with van der Waals surface area (Å²) in [4.78, 5) is 14.5. The number of likely N-dealkylation sites (tertiary alicyclic amines) is 1. The SMILES string of the molecule is CCn1c(=C(C#N)C#N)s/c(=C/N2CCCCC2)c1=O. The van der Waals surface area contributed by atoms with Crippen molar-refractivity contribution in [2.75, 3.05) is 13.1 Å². The quantitative estimate of drug-likeness (QED) is 0.787. The van der Waals surface area contributed by atoms with Gasteiger partial charge in [-0.15, -0.1) is 11.3 Å². The first kappa shape index (κ1) is 14.4. The molecule has 1 fully saturated rings. The van der Waals surface area contributed by atoms with Crippen LogP contribution < -0.4 is 14.8 Å². The molecule has 0 bridgehead atoms. The van der Waals surface area contributed by atoms with Crippen molar-refractivity contribution in [1.29, 1.82) is 10.5 Å². The average molecular weight is 288 g/mol. The summed E-state index contributed by atoms with van der Waals surface area (Å²) in [6, 6.07) is 3.73. The number of hydrogen-bond donors (Lipinski definition) is 0. The molecule has 0 N–H and O–H groups in total. The highest BCUT2D eigenvalue weighted by atomic mass is 32.1. The molecule has 2 rings (SSSR count). The van der Waals surface area contributed by atoms with Crippen molar-refractivity contribution in [3.63, 3.8) is 0 Å². The largest absolute Gasteiger partial charge is 0.376 e. The average Bonchev–Trinajstić information content (AvgIpc) is 2.78. The molecule has 1 aliphatic heterocycles. The lowest BCUT2D eigenvalue weighted by Crippen LogP contribution is -2.34. The summed E-state index contributed by atoms with van der Waals surface area (Å²) in [5.41, 5.74) is -0.103.